The lowest BCUT2D eigenvalue weighted by atomic mass is 10.0. The number of aromatic nitrogens is 2. The van der Waals surface area contributed by atoms with Crippen LogP contribution >= 0.6 is 0 Å². The van der Waals surface area contributed by atoms with E-state index < -0.39 is 6.10 Å². The van der Waals surface area contributed by atoms with Crippen LogP contribution in [0, 0.1) is 0 Å². The predicted octanol–water partition coefficient (Wildman–Crippen LogP) is 3.77. The van der Waals surface area contributed by atoms with Crippen LogP contribution in [0.4, 0.5) is 0 Å². The summed E-state index contributed by atoms with van der Waals surface area (Å²) >= 11 is 0. The minimum atomic E-state index is -0.398. The summed E-state index contributed by atoms with van der Waals surface area (Å²) in [4.78, 5) is 8.44. The molecule has 112 valence electrons. The molecule has 0 saturated heterocycles. The van der Waals surface area contributed by atoms with Gasteiger partial charge in [-0.1, -0.05) is 44.5 Å². The van der Waals surface area contributed by atoms with Crippen LogP contribution in [0.15, 0.2) is 36.7 Å². The highest BCUT2D eigenvalue weighted by Crippen LogP contribution is 2.22. The van der Waals surface area contributed by atoms with Gasteiger partial charge in [0.25, 0.3) is 0 Å². The maximum absolute atomic E-state index is 9.79. The lowest BCUT2D eigenvalue weighted by Gasteiger charge is -2.09. The van der Waals surface area contributed by atoms with Crippen LogP contribution in [-0.4, -0.2) is 21.7 Å². The van der Waals surface area contributed by atoms with Gasteiger partial charge in [0.2, 0.25) is 0 Å². The van der Waals surface area contributed by atoms with Crippen LogP contribution in [0.25, 0.3) is 11.1 Å². The van der Waals surface area contributed by atoms with Crippen molar-refractivity contribution in [2.75, 3.05) is 6.61 Å². The number of hydrogen-bond donors (Lipinski definition) is 1. The van der Waals surface area contributed by atoms with Gasteiger partial charge >= 0.3 is 6.01 Å². The Kier molecular flexibility index (Phi) is 5.69. The van der Waals surface area contributed by atoms with E-state index in [2.05, 4.69) is 16.9 Å². The first kappa shape index (κ1) is 15.4. The third kappa shape index (κ3) is 4.26. The standard InChI is InChI=1S/C17H22N2O2/c1-3-5-10-21-17-18-11-15(12-19-17)13-6-8-14(9-7-13)16(20)4-2/h6-9,11-12,16,20H,3-5,10H2,1-2H3. The number of nitrogens with zero attached hydrogens (tertiary/aromatic N) is 2. The molecule has 4 nitrogen and oxygen atoms in total. The molecule has 1 aromatic carbocycles. The molecule has 0 aliphatic heterocycles. The van der Waals surface area contributed by atoms with E-state index in [9.17, 15) is 5.11 Å². The fourth-order valence-electron chi connectivity index (χ4n) is 1.98. The Morgan fingerprint density at radius 1 is 1.05 bits per heavy atom. The van der Waals surface area contributed by atoms with Crippen LogP contribution in [-0.2, 0) is 0 Å². The molecule has 1 unspecified atom stereocenters. The molecule has 0 aliphatic carbocycles. The Labute approximate surface area is 125 Å². The number of rotatable bonds is 7. The summed E-state index contributed by atoms with van der Waals surface area (Å²) < 4.78 is 5.45. The molecular formula is C17H22N2O2. The quantitative estimate of drug-likeness (QED) is 0.787. The molecule has 0 aliphatic rings. The zero-order valence-electron chi connectivity index (χ0n) is 12.6. The van der Waals surface area contributed by atoms with Gasteiger partial charge in [-0.3, -0.25) is 0 Å². The van der Waals surface area contributed by atoms with Crippen molar-refractivity contribution in [2.45, 2.75) is 39.2 Å². The molecule has 1 N–H and O–H groups in total. The third-order valence-corrected chi connectivity index (χ3v) is 3.37. The fraction of sp³-hybridized carbons (Fsp3) is 0.412. The van der Waals surface area contributed by atoms with Gasteiger partial charge in [-0.05, 0) is 24.0 Å². The van der Waals surface area contributed by atoms with Crippen LogP contribution in [0.2, 0.25) is 0 Å². The summed E-state index contributed by atoms with van der Waals surface area (Å²) in [6, 6.07) is 8.25. The predicted molar refractivity (Wildman–Crippen MR) is 83.1 cm³/mol. The molecule has 1 heterocycles. The summed E-state index contributed by atoms with van der Waals surface area (Å²) in [6.07, 6.45) is 5.94. The zero-order valence-corrected chi connectivity index (χ0v) is 12.6. The van der Waals surface area contributed by atoms with E-state index in [1.54, 1.807) is 12.4 Å². The molecule has 0 bridgehead atoms. The minimum Gasteiger partial charge on any atom is -0.463 e. The van der Waals surface area contributed by atoms with Crippen LogP contribution in [0.5, 0.6) is 6.01 Å². The van der Waals surface area contributed by atoms with Crippen molar-refractivity contribution < 1.29 is 9.84 Å². The third-order valence-electron chi connectivity index (χ3n) is 3.37. The molecule has 1 aromatic heterocycles. The first-order valence-corrected chi connectivity index (χ1v) is 7.47. The number of benzene rings is 1. The largest absolute Gasteiger partial charge is 0.463 e. The average molecular weight is 286 g/mol. The molecule has 2 aromatic rings. The van der Waals surface area contributed by atoms with Crippen LogP contribution < -0.4 is 4.74 Å². The molecule has 1 atom stereocenters. The number of aliphatic hydroxyl groups excluding tert-OH is 1. The highest BCUT2D eigenvalue weighted by atomic mass is 16.5. The maximum atomic E-state index is 9.79. The second-order valence-electron chi connectivity index (χ2n) is 5.00. The van der Waals surface area contributed by atoms with E-state index in [1.165, 1.54) is 0 Å². The Morgan fingerprint density at radius 3 is 2.29 bits per heavy atom. The first-order valence-electron chi connectivity index (χ1n) is 7.47. The topological polar surface area (TPSA) is 55.2 Å². The zero-order chi connectivity index (χ0) is 15.1. The highest BCUT2D eigenvalue weighted by Gasteiger charge is 2.06. The van der Waals surface area contributed by atoms with Crippen LogP contribution in [0.3, 0.4) is 0 Å². The molecular weight excluding hydrogens is 264 g/mol. The Morgan fingerprint density at radius 2 is 1.71 bits per heavy atom. The Bertz CT molecular complexity index is 538. The number of hydrogen-bond acceptors (Lipinski definition) is 4. The van der Waals surface area contributed by atoms with Gasteiger partial charge in [0.05, 0.1) is 12.7 Å². The van der Waals surface area contributed by atoms with Crippen molar-refractivity contribution in [1.82, 2.24) is 9.97 Å². The number of ether oxygens (including phenoxy) is 1. The van der Waals surface area contributed by atoms with Gasteiger partial charge < -0.3 is 9.84 Å². The maximum Gasteiger partial charge on any atom is 0.316 e. The van der Waals surface area contributed by atoms with Crippen molar-refractivity contribution in [3.05, 3.63) is 42.2 Å². The second-order valence-corrected chi connectivity index (χ2v) is 5.00. The van der Waals surface area contributed by atoms with Gasteiger partial charge in [0.15, 0.2) is 0 Å². The van der Waals surface area contributed by atoms with Gasteiger partial charge in [-0.25, -0.2) is 9.97 Å². The fourth-order valence-corrected chi connectivity index (χ4v) is 1.98. The SMILES string of the molecule is CCCCOc1ncc(-c2ccc(C(O)CC)cc2)cn1. The van der Waals surface area contributed by atoms with Crippen molar-refractivity contribution >= 4 is 0 Å². The molecule has 0 radical (unpaired) electrons. The lowest BCUT2D eigenvalue weighted by molar-refractivity contribution is 0.173. The molecule has 0 amide bonds. The molecule has 0 saturated carbocycles. The van der Waals surface area contributed by atoms with Crippen molar-refractivity contribution in [1.29, 1.82) is 0 Å². The molecule has 0 fully saturated rings. The van der Waals surface area contributed by atoms with Gasteiger partial charge in [-0.15, -0.1) is 0 Å². The van der Waals surface area contributed by atoms with Gasteiger partial charge in [0, 0.05) is 18.0 Å². The van der Waals surface area contributed by atoms with E-state index in [-0.39, 0.29) is 0 Å². The molecule has 21 heavy (non-hydrogen) atoms. The van der Waals surface area contributed by atoms with Crippen molar-refractivity contribution in [3.63, 3.8) is 0 Å². The summed E-state index contributed by atoms with van der Waals surface area (Å²) in [5.74, 6) is 0. The van der Waals surface area contributed by atoms with Gasteiger partial charge in [0.1, 0.15) is 0 Å². The monoisotopic (exact) mass is 286 g/mol. The van der Waals surface area contributed by atoms with E-state index in [0.29, 0.717) is 19.0 Å². The first-order chi connectivity index (χ1) is 10.2. The van der Waals surface area contributed by atoms with E-state index in [1.807, 2.05) is 31.2 Å². The normalized spacial score (nSPS) is 12.1. The molecule has 2 rings (SSSR count). The number of aliphatic hydroxyl groups is 1. The van der Waals surface area contributed by atoms with E-state index in [4.69, 9.17) is 4.74 Å². The second kappa shape index (κ2) is 7.74. The summed E-state index contributed by atoms with van der Waals surface area (Å²) in [7, 11) is 0. The van der Waals surface area contributed by atoms with E-state index >= 15 is 0 Å². The van der Waals surface area contributed by atoms with Crippen molar-refractivity contribution in [2.24, 2.45) is 0 Å². The smallest absolute Gasteiger partial charge is 0.316 e. The van der Waals surface area contributed by atoms with Crippen molar-refractivity contribution in [3.8, 4) is 17.1 Å². The number of unbranched alkanes of at least 4 members (excludes halogenated alkanes) is 1. The Balaban J connectivity index is 2.04. The summed E-state index contributed by atoms with van der Waals surface area (Å²) in [6.45, 7) is 4.73. The minimum absolute atomic E-state index is 0.398. The molecule has 0 spiro atoms. The highest BCUT2D eigenvalue weighted by molar-refractivity contribution is 5.61. The summed E-state index contributed by atoms with van der Waals surface area (Å²) in [5, 5.41) is 9.79. The van der Waals surface area contributed by atoms with E-state index in [0.717, 1.165) is 29.5 Å². The average Bonchev–Trinajstić information content (AvgIpc) is 2.55. The molecule has 4 heteroatoms. The lowest BCUT2D eigenvalue weighted by Crippen LogP contribution is -2.00. The van der Waals surface area contributed by atoms with Gasteiger partial charge in [-0.2, -0.15) is 0 Å². The van der Waals surface area contributed by atoms with Crippen LogP contribution in [0.1, 0.15) is 44.8 Å². The summed E-state index contributed by atoms with van der Waals surface area (Å²) in [5.41, 5.74) is 2.90. The Hall–Kier alpha value is -1.94.